The van der Waals surface area contributed by atoms with Crippen molar-refractivity contribution in [3.8, 4) is 0 Å². The van der Waals surface area contributed by atoms with Crippen molar-refractivity contribution in [2.45, 2.75) is 105 Å². The highest BCUT2D eigenvalue weighted by Gasteiger charge is 2.19. The van der Waals surface area contributed by atoms with E-state index in [4.69, 9.17) is 4.74 Å². The molecule has 0 unspecified atom stereocenters. The van der Waals surface area contributed by atoms with Crippen molar-refractivity contribution >= 4 is 5.97 Å². The van der Waals surface area contributed by atoms with Gasteiger partial charge in [0.25, 0.3) is 0 Å². The van der Waals surface area contributed by atoms with E-state index in [2.05, 4.69) is 34.6 Å². The molecule has 0 aliphatic carbocycles. The topological polar surface area (TPSA) is 26.3 Å². The van der Waals surface area contributed by atoms with Crippen molar-refractivity contribution in [2.75, 3.05) is 7.11 Å². The highest BCUT2D eigenvalue weighted by molar-refractivity contribution is 5.72. The zero-order valence-corrected chi connectivity index (χ0v) is 17.4. The van der Waals surface area contributed by atoms with Crippen molar-refractivity contribution in [3.63, 3.8) is 0 Å². The molecule has 0 saturated carbocycles. The summed E-state index contributed by atoms with van der Waals surface area (Å²) in [6.45, 7) is 11.5. The van der Waals surface area contributed by atoms with Gasteiger partial charge in [-0.2, -0.15) is 0 Å². The van der Waals surface area contributed by atoms with Crippen LogP contribution >= 0.6 is 0 Å². The highest BCUT2D eigenvalue weighted by atomic mass is 16.5. The van der Waals surface area contributed by atoms with E-state index in [9.17, 15) is 4.79 Å². The number of unbranched alkanes of at least 4 members (excludes halogenated alkanes) is 1. The van der Waals surface area contributed by atoms with Gasteiger partial charge in [0.2, 0.25) is 0 Å². The quantitative estimate of drug-likeness (QED) is 0.299. The fraction of sp³-hybridized carbons (Fsp3) is 0.955. The smallest absolute Gasteiger partial charge is 0.308 e. The van der Waals surface area contributed by atoms with E-state index in [1.807, 2.05) is 0 Å². The van der Waals surface area contributed by atoms with Gasteiger partial charge < -0.3 is 4.74 Å². The molecule has 0 amide bonds. The van der Waals surface area contributed by atoms with Gasteiger partial charge in [0.1, 0.15) is 0 Å². The molecule has 0 fully saturated rings. The number of esters is 1. The Bertz CT molecular complexity index is 300. The van der Waals surface area contributed by atoms with Crippen LogP contribution in [0.25, 0.3) is 0 Å². The Hall–Kier alpha value is -0.530. The lowest BCUT2D eigenvalue weighted by Gasteiger charge is -2.19. The second-order valence-electron chi connectivity index (χ2n) is 8.18. The number of carbonyl (C=O) groups is 1. The molecule has 0 saturated heterocycles. The molecular weight excluding hydrogens is 296 g/mol. The van der Waals surface area contributed by atoms with Crippen LogP contribution in [0.1, 0.15) is 105 Å². The Morgan fingerprint density at radius 2 is 1.25 bits per heavy atom. The molecule has 0 heterocycles. The molecule has 2 nitrogen and oxygen atoms in total. The largest absolute Gasteiger partial charge is 0.469 e. The van der Waals surface area contributed by atoms with Crippen molar-refractivity contribution < 1.29 is 9.53 Å². The van der Waals surface area contributed by atoms with Crippen LogP contribution in [-0.4, -0.2) is 13.1 Å². The average Bonchev–Trinajstić information content (AvgIpc) is 2.57. The molecular formula is C22H44O2. The molecule has 0 bridgehead atoms. The fourth-order valence-corrected chi connectivity index (χ4v) is 3.67. The van der Waals surface area contributed by atoms with Crippen LogP contribution in [-0.2, 0) is 9.53 Å². The zero-order chi connectivity index (χ0) is 18.4. The van der Waals surface area contributed by atoms with Gasteiger partial charge in [-0.15, -0.1) is 0 Å². The molecule has 4 atom stereocenters. The molecule has 0 spiro atoms. The Kier molecular flexibility index (Phi) is 14.5. The molecule has 0 rings (SSSR count). The normalized spacial score (nSPS) is 16.4. The summed E-state index contributed by atoms with van der Waals surface area (Å²) >= 11 is 0. The van der Waals surface area contributed by atoms with Crippen molar-refractivity contribution in [1.29, 1.82) is 0 Å². The van der Waals surface area contributed by atoms with E-state index < -0.39 is 0 Å². The van der Waals surface area contributed by atoms with Gasteiger partial charge in [-0.05, 0) is 30.6 Å². The predicted molar refractivity (Wildman–Crippen MR) is 105 cm³/mol. The summed E-state index contributed by atoms with van der Waals surface area (Å²) in [5.74, 6) is 2.43. The van der Waals surface area contributed by atoms with E-state index in [1.54, 1.807) is 0 Å². The fourth-order valence-electron chi connectivity index (χ4n) is 3.67. The first-order valence-electron chi connectivity index (χ1n) is 10.5. The summed E-state index contributed by atoms with van der Waals surface area (Å²) in [6.07, 6.45) is 14.0. The SMILES string of the molecule is CCCC[C@H](C)CCC[C@H](C)CCC[C@H](C)C[C@@H](CC)C(=O)OC. The minimum atomic E-state index is -0.0325. The molecule has 0 aromatic heterocycles. The van der Waals surface area contributed by atoms with Gasteiger partial charge in [0.15, 0.2) is 0 Å². The average molecular weight is 341 g/mol. The summed E-state index contributed by atoms with van der Waals surface area (Å²) in [5.41, 5.74) is 0. The number of hydrogen-bond acceptors (Lipinski definition) is 2. The Labute approximate surface area is 152 Å². The number of rotatable bonds is 15. The van der Waals surface area contributed by atoms with Crippen LogP contribution in [0.15, 0.2) is 0 Å². The van der Waals surface area contributed by atoms with Crippen LogP contribution in [0.4, 0.5) is 0 Å². The van der Waals surface area contributed by atoms with Gasteiger partial charge in [-0.25, -0.2) is 0 Å². The third-order valence-electron chi connectivity index (χ3n) is 5.55. The van der Waals surface area contributed by atoms with Crippen LogP contribution in [0, 0.1) is 23.7 Å². The summed E-state index contributed by atoms with van der Waals surface area (Å²) < 4.78 is 4.90. The molecule has 0 aliphatic rings. The number of methoxy groups -OCH3 is 1. The molecule has 24 heavy (non-hydrogen) atoms. The van der Waals surface area contributed by atoms with Crippen molar-refractivity contribution in [3.05, 3.63) is 0 Å². The minimum absolute atomic E-state index is 0.0325. The summed E-state index contributed by atoms with van der Waals surface area (Å²) in [4.78, 5) is 11.7. The second-order valence-corrected chi connectivity index (χ2v) is 8.18. The van der Waals surface area contributed by atoms with Crippen LogP contribution < -0.4 is 0 Å². The maximum absolute atomic E-state index is 11.7. The minimum Gasteiger partial charge on any atom is -0.469 e. The molecule has 0 radical (unpaired) electrons. The Morgan fingerprint density at radius 3 is 1.67 bits per heavy atom. The van der Waals surface area contributed by atoms with E-state index in [-0.39, 0.29) is 11.9 Å². The maximum atomic E-state index is 11.7. The van der Waals surface area contributed by atoms with E-state index in [0.29, 0.717) is 5.92 Å². The summed E-state index contributed by atoms with van der Waals surface area (Å²) in [7, 11) is 1.50. The van der Waals surface area contributed by atoms with Gasteiger partial charge >= 0.3 is 5.97 Å². The summed E-state index contributed by atoms with van der Waals surface area (Å²) in [6, 6.07) is 0. The van der Waals surface area contributed by atoms with Crippen LogP contribution in [0.3, 0.4) is 0 Å². The van der Waals surface area contributed by atoms with Gasteiger partial charge in [0.05, 0.1) is 13.0 Å². The van der Waals surface area contributed by atoms with Crippen LogP contribution in [0.2, 0.25) is 0 Å². The lowest BCUT2D eigenvalue weighted by Crippen LogP contribution is -2.18. The van der Waals surface area contributed by atoms with E-state index in [1.165, 1.54) is 64.9 Å². The first-order valence-corrected chi connectivity index (χ1v) is 10.5. The molecule has 0 aliphatic heterocycles. The van der Waals surface area contributed by atoms with E-state index in [0.717, 1.165) is 24.7 Å². The first-order chi connectivity index (χ1) is 11.4. The highest BCUT2D eigenvalue weighted by Crippen LogP contribution is 2.24. The van der Waals surface area contributed by atoms with Crippen molar-refractivity contribution in [1.82, 2.24) is 0 Å². The zero-order valence-electron chi connectivity index (χ0n) is 17.4. The standard InChI is InChI=1S/C22H44O2/c1-7-9-12-18(3)13-10-14-19(4)15-11-16-20(5)17-21(8-2)22(23)24-6/h18-21H,7-17H2,1-6H3/t18-,19-,20-,21+/m0/s1. The first kappa shape index (κ1) is 23.5. The molecule has 2 heteroatoms. The predicted octanol–water partition coefficient (Wildman–Crippen LogP) is 7.01. The number of carbonyl (C=O) groups excluding carboxylic acids is 1. The third kappa shape index (κ3) is 11.9. The lowest BCUT2D eigenvalue weighted by atomic mass is 9.88. The Balaban J connectivity index is 3.76. The molecule has 0 aromatic rings. The lowest BCUT2D eigenvalue weighted by molar-refractivity contribution is -0.146. The summed E-state index contributed by atoms with van der Waals surface area (Å²) in [5, 5.41) is 0. The van der Waals surface area contributed by atoms with E-state index >= 15 is 0 Å². The van der Waals surface area contributed by atoms with Gasteiger partial charge in [0, 0.05) is 0 Å². The van der Waals surface area contributed by atoms with Gasteiger partial charge in [-0.1, -0.05) is 92.4 Å². The van der Waals surface area contributed by atoms with Crippen LogP contribution in [0.5, 0.6) is 0 Å². The van der Waals surface area contributed by atoms with Gasteiger partial charge in [-0.3, -0.25) is 4.79 Å². The van der Waals surface area contributed by atoms with Crippen molar-refractivity contribution in [2.24, 2.45) is 23.7 Å². The third-order valence-corrected chi connectivity index (χ3v) is 5.55. The second kappa shape index (κ2) is 14.8. The Morgan fingerprint density at radius 1 is 0.792 bits per heavy atom. The molecule has 144 valence electrons. The number of hydrogen-bond donors (Lipinski definition) is 0. The maximum Gasteiger partial charge on any atom is 0.308 e. The molecule has 0 aromatic carbocycles. The molecule has 0 N–H and O–H groups in total. The monoisotopic (exact) mass is 340 g/mol. The number of ether oxygens (including phenoxy) is 1.